The lowest BCUT2D eigenvalue weighted by atomic mass is 10.0. The molecule has 0 spiro atoms. The van der Waals surface area contributed by atoms with Crippen molar-refractivity contribution >= 4 is 5.69 Å². The fraction of sp³-hybridized carbons (Fsp3) is 0.455. The highest BCUT2D eigenvalue weighted by Crippen LogP contribution is 2.44. The molecule has 0 unspecified atom stereocenters. The molecule has 12 heavy (non-hydrogen) atoms. The molecule has 0 aromatic heterocycles. The second-order valence-corrected chi connectivity index (χ2v) is 3.82. The number of fused-ring (bicyclic) bond motifs is 1. The van der Waals surface area contributed by atoms with Crippen molar-refractivity contribution in [2.75, 3.05) is 11.9 Å². The quantitative estimate of drug-likeness (QED) is 0.664. The minimum atomic E-state index is 0.903. The fourth-order valence-corrected chi connectivity index (χ4v) is 2.15. The number of benzene rings is 1. The van der Waals surface area contributed by atoms with Crippen LogP contribution in [0.15, 0.2) is 18.2 Å². The normalized spacial score (nSPS) is 20.3. The summed E-state index contributed by atoms with van der Waals surface area (Å²) in [6.45, 7) is 1.14. The van der Waals surface area contributed by atoms with Crippen LogP contribution in [0.5, 0.6) is 0 Å². The van der Waals surface area contributed by atoms with E-state index in [1.54, 1.807) is 11.1 Å². The Morgan fingerprint density at radius 3 is 3.00 bits per heavy atom. The topological polar surface area (TPSA) is 12.0 Å². The third kappa shape index (κ3) is 0.857. The van der Waals surface area contributed by atoms with Gasteiger partial charge >= 0.3 is 0 Å². The van der Waals surface area contributed by atoms with E-state index < -0.39 is 0 Å². The van der Waals surface area contributed by atoms with Crippen molar-refractivity contribution in [1.29, 1.82) is 0 Å². The molecule has 2 aliphatic rings. The molecule has 0 atom stereocenters. The van der Waals surface area contributed by atoms with Gasteiger partial charge in [-0.15, -0.1) is 0 Å². The predicted molar refractivity (Wildman–Crippen MR) is 50.6 cm³/mol. The van der Waals surface area contributed by atoms with E-state index in [1.165, 1.54) is 24.9 Å². The molecule has 1 N–H and O–H groups in total. The molecule has 1 aliphatic carbocycles. The van der Waals surface area contributed by atoms with Crippen LogP contribution in [-0.2, 0) is 6.42 Å². The monoisotopic (exact) mass is 159 g/mol. The Balaban J connectivity index is 2.12. The smallest absolute Gasteiger partial charge is 0.0376 e. The molecule has 1 heteroatoms. The molecular weight excluding hydrogens is 146 g/mol. The maximum absolute atomic E-state index is 3.42. The van der Waals surface area contributed by atoms with E-state index in [2.05, 4.69) is 23.5 Å². The van der Waals surface area contributed by atoms with Crippen LogP contribution in [-0.4, -0.2) is 6.54 Å². The Morgan fingerprint density at radius 1 is 1.25 bits per heavy atom. The standard InChI is InChI=1S/C11H13N/c1-2-9(8-4-5-8)10-6-7-12-11(10)3-1/h1-3,8,12H,4-7H2. The zero-order chi connectivity index (χ0) is 7.97. The average molecular weight is 159 g/mol. The molecule has 1 aliphatic heterocycles. The Morgan fingerprint density at radius 2 is 2.17 bits per heavy atom. The fourth-order valence-electron chi connectivity index (χ4n) is 2.15. The maximum atomic E-state index is 3.42. The Hall–Kier alpha value is -0.980. The van der Waals surface area contributed by atoms with Gasteiger partial charge in [-0.3, -0.25) is 0 Å². The van der Waals surface area contributed by atoms with Gasteiger partial charge < -0.3 is 5.32 Å². The SMILES string of the molecule is c1cc2c(c(C3CC3)c1)CCN2. The van der Waals surface area contributed by atoms with Crippen LogP contribution < -0.4 is 5.32 Å². The molecular formula is C11H13N. The van der Waals surface area contributed by atoms with Crippen LogP contribution >= 0.6 is 0 Å². The lowest BCUT2D eigenvalue weighted by molar-refractivity contribution is 1.04. The van der Waals surface area contributed by atoms with Gasteiger partial charge in [0.2, 0.25) is 0 Å². The van der Waals surface area contributed by atoms with Crippen LogP contribution in [0.25, 0.3) is 0 Å². The summed E-state index contributed by atoms with van der Waals surface area (Å²) in [5, 5.41) is 3.42. The maximum Gasteiger partial charge on any atom is 0.0376 e. The van der Waals surface area contributed by atoms with Gasteiger partial charge in [0.1, 0.15) is 0 Å². The summed E-state index contributed by atoms with van der Waals surface area (Å²) < 4.78 is 0. The summed E-state index contributed by atoms with van der Waals surface area (Å²) in [6.07, 6.45) is 4.06. The molecule has 3 rings (SSSR count). The van der Waals surface area contributed by atoms with E-state index in [0.29, 0.717) is 0 Å². The number of anilines is 1. The first-order valence-electron chi connectivity index (χ1n) is 4.81. The Labute approximate surface area is 72.8 Å². The summed E-state index contributed by atoms with van der Waals surface area (Å²) in [5.41, 5.74) is 4.61. The highest BCUT2D eigenvalue weighted by molar-refractivity contribution is 5.59. The minimum absolute atomic E-state index is 0.903. The zero-order valence-electron chi connectivity index (χ0n) is 7.14. The van der Waals surface area contributed by atoms with Crippen molar-refractivity contribution < 1.29 is 0 Å². The number of hydrogen-bond acceptors (Lipinski definition) is 1. The number of hydrogen-bond donors (Lipinski definition) is 1. The van der Waals surface area contributed by atoms with Gasteiger partial charge in [-0.05, 0) is 42.4 Å². The largest absolute Gasteiger partial charge is 0.384 e. The van der Waals surface area contributed by atoms with Gasteiger partial charge in [0.15, 0.2) is 0 Å². The molecule has 0 amide bonds. The lowest BCUT2D eigenvalue weighted by Gasteiger charge is -2.05. The van der Waals surface area contributed by atoms with E-state index >= 15 is 0 Å². The third-order valence-electron chi connectivity index (χ3n) is 2.92. The molecule has 1 aromatic rings. The van der Waals surface area contributed by atoms with Crippen LogP contribution in [0.2, 0.25) is 0 Å². The molecule has 0 saturated heterocycles. The molecule has 0 radical (unpaired) electrons. The van der Waals surface area contributed by atoms with Gasteiger partial charge in [0.25, 0.3) is 0 Å². The van der Waals surface area contributed by atoms with E-state index in [1.807, 2.05) is 0 Å². The molecule has 0 bridgehead atoms. The Bertz CT molecular complexity index is 313. The first kappa shape index (κ1) is 6.53. The van der Waals surface area contributed by atoms with Crippen LogP contribution in [0, 0.1) is 0 Å². The van der Waals surface area contributed by atoms with Gasteiger partial charge in [-0.25, -0.2) is 0 Å². The summed E-state index contributed by atoms with van der Waals surface area (Å²) in [5.74, 6) is 0.903. The van der Waals surface area contributed by atoms with Crippen molar-refractivity contribution in [1.82, 2.24) is 0 Å². The summed E-state index contributed by atoms with van der Waals surface area (Å²) >= 11 is 0. The Kier molecular flexibility index (Phi) is 1.23. The van der Waals surface area contributed by atoms with Crippen molar-refractivity contribution in [3.05, 3.63) is 29.3 Å². The predicted octanol–water partition coefficient (Wildman–Crippen LogP) is 2.53. The van der Waals surface area contributed by atoms with Gasteiger partial charge in [-0.1, -0.05) is 12.1 Å². The zero-order valence-corrected chi connectivity index (χ0v) is 7.14. The van der Waals surface area contributed by atoms with Gasteiger partial charge in [0, 0.05) is 12.2 Å². The number of rotatable bonds is 1. The van der Waals surface area contributed by atoms with Gasteiger partial charge in [-0.2, -0.15) is 0 Å². The average Bonchev–Trinajstić information content (AvgIpc) is 2.82. The number of nitrogens with one attached hydrogen (secondary N) is 1. The van der Waals surface area contributed by atoms with Crippen molar-refractivity contribution in [2.45, 2.75) is 25.2 Å². The second-order valence-electron chi connectivity index (χ2n) is 3.82. The van der Waals surface area contributed by atoms with E-state index in [4.69, 9.17) is 0 Å². The van der Waals surface area contributed by atoms with Crippen molar-refractivity contribution in [2.24, 2.45) is 0 Å². The molecule has 1 heterocycles. The highest BCUT2D eigenvalue weighted by Gasteiger charge is 2.27. The third-order valence-corrected chi connectivity index (χ3v) is 2.92. The van der Waals surface area contributed by atoms with Crippen molar-refractivity contribution in [3.63, 3.8) is 0 Å². The van der Waals surface area contributed by atoms with Crippen LogP contribution in [0.3, 0.4) is 0 Å². The molecule has 1 saturated carbocycles. The summed E-state index contributed by atoms with van der Waals surface area (Å²) in [4.78, 5) is 0. The van der Waals surface area contributed by atoms with E-state index in [0.717, 1.165) is 12.5 Å². The van der Waals surface area contributed by atoms with Crippen LogP contribution in [0.4, 0.5) is 5.69 Å². The molecule has 1 nitrogen and oxygen atoms in total. The van der Waals surface area contributed by atoms with Gasteiger partial charge in [0.05, 0.1) is 0 Å². The second kappa shape index (κ2) is 2.25. The lowest BCUT2D eigenvalue weighted by Crippen LogP contribution is -1.90. The molecule has 62 valence electrons. The molecule has 1 fully saturated rings. The van der Waals surface area contributed by atoms with E-state index in [-0.39, 0.29) is 0 Å². The summed E-state index contributed by atoms with van der Waals surface area (Å²) in [7, 11) is 0. The summed E-state index contributed by atoms with van der Waals surface area (Å²) in [6, 6.07) is 6.70. The van der Waals surface area contributed by atoms with Crippen LogP contribution in [0.1, 0.15) is 29.9 Å². The highest BCUT2D eigenvalue weighted by atomic mass is 14.9. The first-order valence-corrected chi connectivity index (χ1v) is 4.81. The van der Waals surface area contributed by atoms with E-state index in [9.17, 15) is 0 Å². The van der Waals surface area contributed by atoms with Crippen molar-refractivity contribution in [3.8, 4) is 0 Å². The first-order chi connectivity index (χ1) is 5.95. The minimum Gasteiger partial charge on any atom is -0.384 e. The molecule has 1 aromatic carbocycles.